The van der Waals surface area contributed by atoms with Gasteiger partial charge >= 0.3 is 0 Å². The molecule has 0 radical (unpaired) electrons. The van der Waals surface area contributed by atoms with Crippen molar-refractivity contribution in [2.45, 2.75) is 51.5 Å². The zero-order valence-corrected chi connectivity index (χ0v) is 15.1. The molecule has 6 nitrogen and oxygen atoms in total. The maximum absolute atomic E-state index is 4.87. The second-order valence-corrected chi connectivity index (χ2v) is 9.01. The fourth-order valence-corrected chi connectivity index (χ4v) is 6.57. The van der Waals surface area contributed by atoms with E-state index < -0.39 is 0 Å². The number of fused-ring (bicyclic) bond motifs is 3. The van der Waals surface area contributed by atoms with Crippen LogP contribution >= 0.6 is 0 Å². The molecular formula is C20H24N6. The number of nitrogens with zero attached hydrogens (tertiary/aromatic N) is 5. The van der Waals surface area contributed by atoms with Gasteiger partial charge in [-0.2, -0.15) is 4.52 Å². The maximum atomic E-state index is 4.87. The van der Waals surface area contributed by atoms with Gasteiger partial charge in [-0.15, -0.1) is 5.10 Å². The average molecular weight is 348 g/mol. The molecule has 3 aromatic rings. The molecule has 6 heteroatoms. The average Bonchev–Trinajstić information content (AvgIpc) is 3.11. The third kappa shape index (κ3) is 2.04. The number of nitrogens with one attached hydrogen (secondary N) is 1. The minimum Gasteiger partial charge on any atom is -0.364 e. The molecule has 0 aliphatic heterocycles. The monoisotopic (exact) mass is 348 g/mol. The first-order valence-electron chi connectivity index (χ1n) is 9.93. The Hall–Kier alpha value is -2.24. The Morgan fingerprint density at radius 2 is 1.77 bits per heavy atom. The molecule has 4 fully saturated rings. The molecule has 1 unspecified atom stereocenters. The van der Waals surface area contributed by atoms with E-state index in [1.807, 2.05) is 24.3 Å². The van der Waals surface area contributed by atoms with Gasteiger partial charge in [-0.3, -0.25) is 0 Å². The van der Waals surface area contributed by atoms with Gasteiger partial charge in [0.1, 0.15) is 0 Å². The summed E-state index contributed by atoms with van der Waals surface area (Å²) < 4.78 is 1.80. The topological polar surface area (TPSA) is 68.0 Å². The van der Waals surface area contributed by atoms with Crippen LogP contribution < -0.4 is 5.32 Å². The predicted molar refractivity (Wildman–Crippen MR) is 99.8 cm³/mol. The van der Waals surface area contributed by atoms with Crippen LogP contribution in [0.1, 0.15) is 45.4 Å². The summed E-state index contributed by atoms with van der Waals surface area (Å²) >= 11 is 0. The standard InChI is InChI=1S/C20H24N6/c1-12(20-9-13-6-14(10-20)8-15(7-13)11-20)21-18-19-23-24-25-26(19)17-5-3-2-4-16(17)22-18/h2-5,12-15H,6-11H2,1H3,(H,21,22). The number of aromatic nitrogens is 5. The van der Waals surface area contributed by atoms with Crippen molar-refractivity contribution in [1.82, 2.24) is 25.0 Å². The SMILES string of the molecule is CC(Nc1nc2ccccc2n2nnnc12)C12CC3CC(CC(C3)C1)C2. The Labute approximate surface area is 152 Å². The lowest BCUT2D eigenvalue weighted by Crippen LogP contribution is -2.53. The summed E-state index contributed by atoms with van der Waals surface area (Å²) in [6.45, 7) is 2.35. The lowest BCUT2D eigenvalue weighted by molar-refractivity contribution is -0.0602. The minimum absolute atomic E-state index is 0.394. The Kier molecular flexibility index (Phi) is 2.95. The minimum atomic E-state index is 0.394. The van der Waals surface area contributed by atoms with E-state index in [2.05, 4.69) is 27.8 Å². The van der Waals surface area contributed by atoms with Crippen molar-refractivity contribution >= 4 is 22.5 Å². The third-order valence-corrected chi connectivity index (χ3v) is 7.38. The second kappa shape index (κ2) is 5.15. The van der Waals surface area contributed by atoms with E-state index >= 15 is 0 Å². The van der Waals surface area contributed by atoms with E-state index in [1.165, 1.54) is 38.5 Å². The zero-order valence-electron chi connectivity index (χ0n) is 15.1. The molecule has 1 N–H and O–H groups in total. The molecule has 2 aromatic heterocycles. The Morgan fingerprint density at radius 1 is 1.08 bits per heavy atom. The fraction of sp³-hybridized carbons (Fsp3) is 0.600. The highest BCUT2D eigenvalue weighted by atomic mass is 15.5. The number of rotatable bonds is 3. The van der Waals surface area contributed by atoms with E-state index in [4.69, 9.17) is 4.98 Å². The molecular weight excluding hydrogens is 324 g/mol. The van der Waals surface area contributed by atoms with Gasteiger partial charge in [0.05, 0.1) is 11.0 Å². The second-order valence-electron chi connectivity index (χ2n) is 9.01. The largest absolute Gasteiger partial charge is 0.364 e. The van der Waals surface area contributed by atoms with Gasteiger partial charge in [-0.1, -0.05) is 12.1 Å². The van der Waals surface area contributed by atoms with Crippen LogP contribution in [0.25, 0.3) is 16.7 Å². The van der Waals surface area contributed by atoms with Gasteiger partial charge in [-0.05, 0) is 91.2 Å². The molecule has 26 heavy (non-hydrogen) atoms. The quantitative estimate of drug-likeness (QED) is 0.782. The van der Waals surface area contributed by atoms with Crippen molar-refractivity contribution in [2.24, 2.45) is 23.2 Å². The van der Waals surface area contributed by atoms with Gasteiger partial charge in [0.2, 0.25) is 5.65 Å². The van der Waals surface area contributed by atoms with Crippen LogP contribution in [0.15, 0.2) is 24.3 Å². The van der Waals surface area contributed by atoms with Crippen LogP contribution in [-0.4, -0.2) is 31.1 Å². The zero-order chi connectivity index (χ0) is 17.3. The molecule has 4 aliphatic rings. The highest BCUT2D eigenvalue weighted by Crippen LogP contribution is 2.61. The first kappa shape index (κ1) is 14.9. The number of para-hydroxylation sites is 2. The summed E-state index contributed by atoms with van der Waals surface area (Å²) in [6.07, 6.45) is 8.54. The van der Waals surface area contributed by atoms with Crippen LogP contribution in [0.4, 0.5) is 5.82 Å². The van der Waals surface area contributed by atoms with Crippen LogP contribution in [0.3, 0.4) is 0 Å². The van der Waals surface area contributed by atoms with Gasteiger partial charge in [0, 0.05) is 6.04 Å². The van der Waals surface area contributed by atoms with Crippen molar-refractivity contribution in [2.75, 3.05) is 5.32 Å². The van der Waals surface area contributed by atoms with Gasteiger partial charge in [0.25, 0.3) is 0 Å². The lowest BCUT2D eigenvalue weighted by Gasteiger charge is -2.59. The molecule has 134 valence electrons. The molecule has 0 amide bonds. The molecule has 4 bridgehead atoms. The smallest absolute Gasteiger partial charge is 0.222 e. The Balaban J connectivity index is 1.39. The summed E-state index contributed by atoms with van der Waals surface area (Å²) in [5, 5.41) is 16.1. The van der Waals surface area contributed by atoms with Crippen molar-refractivity contribution in [3.05, 3.63) is 24.3 Å². The Morgan fingerprint density at radius 3 is 2.50 bits per heavy atom. The van der Waals surface area contributed by atoms with E-state index in [0.717, 1.165) is 40.3 Å². The number of tetrazole rings is 1. The number of hydrogen-bond acceptors (Lipinski definition) is 5. The van der Waals surface area contributed by atoms with Crippen LogP contribution in [-0.2, 0) is 0 Å². The van der Waals surface area contributed by atoms with E-state index in [1.54, 1.807) is 4.52 Å². The molecule has 0 spiro atoms. The molecule has 1 atom stereocenters. The Bertz CT molecular complexity index is 957. The maximum Gasteiger partial charge on any atom is 0.222 e. The molecule has 1 aromatic carbocycles. The number of hydrogen-bond donors (Lipinski definition) is 1. The van der Waals surface area contributed by atoms with E-state index in [0.29, 0.717) is 11.5 Å². The van der Waals surface area contributed by atoms with E-state index in [9.17, 15) is 0 Å². The highest BCUT2D eigenvalue weighted by molar-refractivity contribution is 5.81. The fourth-order valence-electron chi connectivity index (χ4n) is 6.57. The van der Waals surface area contributed by atoms with E-state index in [-0.39, 0.29) is 0 Å². The highest BCUT2D eigenvalue weighted by Gasteiger charge is 2.53. The van der Waals surface area contributed by atoms with Crippen LogP contribution in [0.5, 0.6) is 0 Å². The number of benzene rings is 1. The van der Waals surface area contributed by atoms with Crippen LogP contribution in [0, 0.1) is 23.2 Å². The van der Waals surface area contributed by atoms with Crippen molar-refractivity contribution in [3.63, 3.8) is 0 Å². The molecule has 4 saturated carbocycles. The van der Waals surface area contributed by atoms with Gasteiger partial charge in [0.15, 0.2) is 5.82 Å². The molecule has 2 heterocycles. The molecule has 7 rings (SSSR count). The summed E-state index contributed by atoms with van der Waals surface area (Å²) in [4.78, 5) is 4.87. The summed E-state index contributed by atoms with van der Waals surface area (Å²) in [5.74, 6) is 3.66. The van der Waals surface area contributed by atoms with Crippen molar-refractivity contribution < 1.29 is 0 Å². The predicted octanol–water partition coefficient (Wildman–Crippen LogP) is 3.69. The van der Waals surface area contributed by atoms with Crippen molar-refractivity contribution in [3.8, 4) is 0 Å². The first-order valence-corrected chi connectivity index (χ1v) is 9.93. The van der Waals surface area contributed by atoms with Crippen LogP contribution in [0.2, 0.25) is 0 Å². The molecule has 4 aliphatic carbocycles. The first-order chi connectivity index (χ1) is 12.7. The lowest BCUT2D eigenvalue weighted by atomic mass is 9.48. The van der Waals surface area contributed by atoms with Crippen molar-refractivity contribution in [1.29, 1.82) is 0 Å². The summed E-state index contributed by atoms with van der Waals surface area (Å²) in [7, 11) is 0. The normalized spacial score (nSPS) is 33.8. The summed E-state index contributed by atoms with van der Waals surface area (Å²) in [5.41, 5.74) is 3.01. The third-order valence-electron chi connectivity index (χ3n) is 7.38. The number of anilines is 1. The van der Waals surface area contributed by atoms with Gasteiger partial charge < -0.3 is 5.32 Å². The molecule has 0 saturated heterocycles. The van der Waals surface area contributed by atoms with Gasteiger partial charge in [-0.25, -0.2) is 4.98 Å². The summed E-state index contributed by atoms with van der Waals surface area (Å²) in [6, 6.07) is 8.44.